The molecule has 0 radical (unpaired) electrons. The van der Waals surface area contributed by atoms with Crippen molar-refractivity contribution in [3.05, 3.63) is 87.7 Å². The lowest BCUT2D eigenvalue weighted by Crippen LogP contribution is -2.37. The number of rotatable bonds is 4. The highest BCUT2D eigenvalue weighted by atomic mass is 35.5. The van der Waals surface area contributed by atoms with Crippen molar-refractivity contribution < 1.29 is 19.5 Å². The molecule has 1 aliphatic carbocycles. The monoisotopic (exact) mass is 490 g/mol. The van der Waals surface area contributed by atoms with E-state index in [0.717, 1.165) is 5.70 Å². The zero-order valence-electron chi connectivity index (χ0n) is 19.1. The highest BCUT2D eigenvalue weighted by Crippen LogP contribution is 2.46. The zero-order valence-corrected chi connectivity index (χ0v) is 19.9. The van der Waals surface area contributed by atoms with E-state index in [9.17, 15) is 19.5 Å². The number of benzene rings is 2. The van der Waals surface area contributed by atoms with Crippen molar-refractivity contribution in [3.8, 4) is 0 Å². The second kappa shape index (κ2) is 8.39. The molecule has 3 aromatic rings. The summed E-state index contributed by atoms with van der Waals surface area (Å²) in [5, 5.41) is 20.5. The van der Waals surface area contributed by atoms with Crippen LogP contribution in [0.25, 0.3) is 0 Å². The Morgan fingerprint density at radius 2 is 1.80 bits per heavy atom. The van der Waals surface area contributed by atoms with Gasteiger partial charge in [-0.2, -0.15) is 5.10 Å². The first-order valence-electron chi connectivity index (χ1n) is 11.1. The summed E-state index contributed by atoms with van der Waals surface area (Å²) in [4.78, 5) is 37.8. The number of carboxylic acids is 1. The minimum Gasteiger partial charge on any atom is -0.478 e. The molecule has 1 amide bonds. The molecule has 0 saturated heterocycles. The highest BCUT2D eigenvalue weighted by molar-refractivity contribution is 6.30. The Kier molecular flexibility index (Phi) is 5.48. The number of hydrogen-bond donors (Lipinski definition) is 3. The van der Waals surface area contributed by atoms with Crippen LogP contribution in [0.5, 0.6) is 0 Å². The highest BCUT2D eigenvalue weighted by Gasteiger charge is 2.42. The normalized spacial score (nSPS) is 18.4. The molecule has 3 N–H and O–H groups in total. The molecule has 35 heavy (non-hydrogen) atoms. The number of halogens is 1. The molecule has 1 aliphatic heterocycles. The van der Waals surface area contributed by atoms with Gasteiger partial charge in [0.25, 0.3) is 5.91 Å². The van der Waals surface area contributed by atoms with Crippen LogP contribution < -0.4 is 10.6 Å². The van der Waals surface area contributed by atoms with Gasteiger partial charge in [-0.25, -0.2) is 9.48 Å². The number of amides is 1. The Hall–Kier alpha value is -3.91. The van der Waals surface area contributed by atoms with E-state index in [1.54, 1.807) is 41.1 Å². The summed E-state index contributed by atoms with van der Waals surface area (Å²) in [6, 6.07) is 12.6. The maximum Gasteiger partial charge on any atom is 0.335 e. The van der Waals surface area contributed by atoms with Gasteiger partial charge in [-0.05, 0) is 53.8 Å². The van der Waals surface area contributed by atoms with Gasteiger partial charge in [0.05, 0.1) is 11.8 Å². The fraction of sp³-hybridized carbons (Fsp3) is 0.231. The Morgan fingerprint density at radius 1 is 1.11 bits per heavy atom. The lowest BCUT2D eigenvalue weighted by atomic mass is 9.73. The Morgan fingerprint density at radius 3 is 2.46 bits per heavy atom. The summed E-state index contributed by atoms with van der Waals surface area (Å²) in [6.07, 6.45) is 2.49. The number of carbonyl (C=O) groups excluding carboxylic acids is 2. The van der Waals surface area contributed by atoms with Gasteiger partial charge in [0.2, 0.25) is 0 Å². The third-order valence-corrected chi connectivity index (χ3v) is 6.57. The molecule has 0 bridgehead atoms. The van der Waals surface area contributed by atoms with Crippen LogP contribution in [-0.4, -0.2) is 32.5 Å². The molecule has 0 fully saturated rings. The molecule has 2 heterocycles. The maximum atomic E-state index is 13.3. The van der Waals surface area contributed by atoms with Crippen molar-refractivity contribution in [2.24, 2.45) is 5.41 Å². The van der Waals surface area contributed by atoms with Crippen molar-refractivity contribution in [3.63, 3.8) is 0 Å². The SMILES string of the molecule is CC1(C)CC(=O)C2=C(C1)Nc1c(C(=O)Nc3ccc(Cl)cc3)cnn1[C@H]2c1ccc(C(=O)O)cc1. The van der Waals surface area contributed by atoms with Gasteiger partial charge in [-0.15, -0.1) is 0 Å². The number of carboxylic acid groups (broad SMARTS) is 1. The summed E-state index contributed by atoms with van der Waals surface area (Å²) in [7, 11) is 0. The molecule has 5 rings (SSSR count). The van der Waals surface area contributed by atoms with E-state index in [1.807, 2.05) is 13.8 Å². The predicted molar refractivity (Wildman–Crippen MR) is 132 cm³/mol. The minimum atomic E-state index is -1.03. The molecule has 9 heteroatoms. The van der Waals surface area contributed by atoms with Gasteiger partial charge in [0.15, 0.2) is 5.78 Å². The van der Waals surface area contributed by atoms with E-state index in [0.29, 0.717) is 46.1 Å². The molecule has 0 spiro atoms. The molecule has 8 nitrogen and oxygen atoms in total. The first kappa shape index (κ1) is 22.9. The number of fused-ring (bicyclic) bond motifs is 1. The van der Waals surface area contributed by atoms with Crippen LogP contribution in [-0.2, 0) is 4.79 Å². The summed E-state index contributed by atoms with van der Waals surface area (Å²) in [5.41, 5.74) is 2.89. The van der Waals surface area contributed by atoms with Crippen LogP contribution in [0.4, 0.5) is 11.5 Å². The van der Waals surface area contributed by atoms with Gasteiger partial charge in [-0.3, -0.25) is 9.59 Å². The molecular formula is C26H23ClN4O4. The molecule has 2 aromatic carbocycles. The van der Waals surface area contributed by atoms with Crippen molar-refractivity contribution in [2.45, 2.75) is 32.7 Å². The van der Waals surface area contributed by atoms with Crippen LogP contribution in [0.2, 0.25) is 5.02 Å². The topological polar surface area (TPSA) is 113 Å². The van der Waals surface area contributed by atoms with E-state index in [2.05, 4.69) is 15.7 Å². The van der Waals surface area contributed by atoms with E-state index >= 15 is 0 Å². The number of carbonyl (C=O) groups is 3. The van der Waals surface area contributed by atoms with E-state index < -0.39 is 12.0 Å². The van der Waals surface area contributed by atoms with E-state index in [4.69, 9.17) is 11.6 Å². The van der Waals surface area contributed by atoms with Gasteiger partial charge < -0.3 is 15.7 Å². The molecule has 0 unspecified atom stereocenters. The van der Waals surface area contributed by atoms with Crippen molar-refractivity contribution in [1.29, 1.82) is 0 Å². The lowest BCUT2D eigenvalue weighted by molar-refractivity contribution is -0.118. The van der Waals surface area contributed by atoms with E-state index in [-0.39, 0.29) is 22.7 Å². The number of hydrogen-bond acceptors (Lipinski definition) is 5. The van der Waals surface area contributed by atoms with Crippen LogP contribution in [0.15, 0.2) is 66.0 Å². The summed E-state index contributed by atoms with van der Waals surface area (Å²) in [6.45, 7) is 4.07. The summed E-state index contributed by atoms with van der Waals surface area (Å²) in [5.74, 6) is -0.901. The molecule has 0 saturated carbocycles. The fourth-order valence-electron chi connectivity index (χ4n) is 4.72. The first-order chi connectivity index (χ1) is 16.6. The van der Waals surface area contributed by atoms with E-state index in [1.165, 1.54) is 18.3 Å². The number of nitrogens with zero attached hydrogens (tertiary/aromatic N) is 2. The number of aromatic carboxylic acids is 1. The number of allylic oxidation sites excluding steroid dienone is 2. The van der Waals surface area contributed by atoms with Crippen molar-refractivity contribution >= 4 is 40.8 Å². The molecule has 1 atom stereocenters. The Bertz CT molecular complexity index is 1390. The Labute approximate surface area is 206 Å². The summed E-state index contributed by atoms with van der Waals surface area (Å²) >= 11 is 5.94. The third kappa shape index (κ3) is 4.21. The molecule has 1 aromatic heterocycles. The van der Waals surface area contributed by atoms with Gasteiger partial charge >= 0.3 is 5.97 Å². The van der Waals surface area contributed by atoms with Crippen LogP contribution in [0.3, 0.4) is 0 Å². The average molecular weight is 491 g/mol. The number of ketones is 1. The van der Waals surface area contributed by atoms with Crippen molar-refractivity contribution in [2.75, 3.05) is 10.6 Å². The average Bonchev–Trinajstić information content (AvgIpc) is 3.22. The first-order valence-corrected chi connectivity index (χ1v) is 11.5. The van der Waals surface area contributed by atoms with Crippen LogP contribution >= 0.6 is 11.6 Å². The second-order valence-corrected chi connectivity index (χ2v) is 10.0. The fourth-order valence-corrected chi connectivity index (χ4v) is 4.85. The van der Waals surface area contributed by atoms with Crippen LogP contribution in [0, 0.1) is 5.41 Å². The van der Waals surface area contributed by atoms with Gasteiger partial charge in [-0.1, -0.05) is 37.6 Å². The standard InChI is InChI=1S/C26H23ClN4O4/c1-26(2)11-19-21(20(32)12-26)22(14-3-5-15(6-4-14)25(34)35)31-23(30-19)18(13-28-31)24(33)29-17-9-7-16(27)8-10-17/h3-10,13,22,30H,11-12H2,1-2H3,(H,29,33)(H,34,35)/t22-/m0/s1. The van der Waals surface area contributed by atoms with Crippen LogP contribution in [0.1, 0.15) is 59.0 Å². The molecular weight excluding hydrogens is 468 g/mol. The van der Waals surface area contributed by atoms with Gasteiger partial charge in [0, 0.05) is 28.4 Å². The third-order valence-electron chi connectivity index (χ3n) is 6.32. The predicted octanol–water partition coefficient (Wildman–Crippen LogP) is 5.15. The Balaban J connectivity index is 1.58. The largest absolute Gasteiger partial charge is 0.478 e. The number of Topliss-reactive ketones (excluding diaryl/α,β-unsaturated/α-hetero) is 1. The quantitative estimate of drug-likeness (QED) is 0.466. The van der Waals surface area contributed by atoms with Crippen molar-refractivity contribution in [1.82, 2.24) is 9.78 Å². The summed E-state index contributed by atoms with van der Waals surface area (Å²) < 4.78 is 1.63. The smallest absolute Gasteiger partial charge is 0.335 e. The number of nitrogens with one attached hydrogen (secondary N) is 2. The molecule has 178 valence electrons. The maximum absolute atomic E-state index is 13.3. The minimum absolute atomic E-state index is 0.00405. The van der Waals surface area contributed by atoms with Gasteiger partial charge in [0.1, 0.15) is 17.4 Å². The number of anilines is 2. The zero-order chi connectivity index (χ0) is 24.9. The second-order valence-electron chi connectivity index (χ2n) is 9.60. The molecule has 2 aliphatic rings. The number of aromatic nitrogens is 2. The lowest BCUT2D eigenvalue weighted by Gasteiger charge is -2.39.